The van der Waals surface area contributed by atoms with E-state index in [-0.39, 0.29) is 30.6 Å². The quantitative estimate of drug-likeness (QED) is 0.329. The standard InChI is InChI=1S/C12H22F3N3O.HI/c13-12(14,15)10-19-9-5-6-17-11(16)18-7-3-1-2-4-8-18;/h1-10H2,(H2,16,17);1H. The molecule has 0 aromatic carbocycles. The summed E-state index contributed by atoms with van der Waals surface area (Å²) in [6, 6.07) is 0. The summed E-state index contributed by atoms with van der Waals surface area (Å²) in [5.74, 6) is 0.498. The third-order valence-electron chi connectivity index (χ3n) is 2.92. The summed E-state index contributed by atoms with van der Waals surface area (Å²) in [6.45, 7) is 1.09. The molecule has 8 heteroatoms. The van der Waals surface area contributed by atoms with Gasteiger partial charge in [0.25, 0.3) is 0 Å². The van der Waals surface area contributed by atoms with Crippen molar-refractivity contribution in [3.63, 3.8) is 0 Å². The SMILES string of the molecule is I.NC(=NCCCOCC(F)(F)F)N1CCCCCC1. The normalized spacial score (nSPS) is 17.6. The number of halogens is 4. The molecule has 0 bridgehead atoms. The zero-order valence-corrected chi connectivity index (χ0v) is 13.8. The Hall–Kier alpha value is -0.250. The molecule has 4 nitrogen and oxygen atoms in total. The van der Waals surface area contributed by atoms with Gasteiger partial charge in [-0.15, -0.1) is 24.0 Å². The lowest BCUT2D eigenvalue weighted by Gasteiger charge is -2.21. The minimum absolute atomic E-state index is 0. The molecule has 20 heavy (non-hydrogen) atoms. The molecule has 2 N–H and O–H groups in total. The lowest BCUT2D eigenvalue weighted by Crippen LogP contribution is -2.38. The fourth-order valence-electron chi connectivity index (χ4n) is 1.95. The van der Waals surface area contributed by atoms with Gasteiger partial charge in [0.15, 0.2) is 5.96 Å². The van der Waals surface area contributed by atoms with Crippen molar-refractivity contribution in [3.8, 4) is 0 Å². The zero-order chi connectivity index (χ0) is 14.1. The van der Waals surface area contributed by atoms with Gasteiger partial charge in [-0.05, 0) is 19.3 Å². The first-order valence-electron chi connectivity index (χ1n) is 6.68. The van der Waals surface area contributed by atoms with Gasteiger partial charge in [0.1, 0.15) is 6.61 Å². The second-order valence-corrected chi connectivity index (χ2v) is 4.66. The Labute approximate surface area is 134 Å². The van der Waals surface area contributed by atoms with E-state index < -0.39 is 12.8 Å². The summed E-state index contributed by atoms with van der Waals surface area (Å²) < 4.78 is 39.9. The average molecular weight is 409 g/mol. The van der Waals surface area contributed by atoms with E-state index in [0.29, 0.717) is 18.9 Å². The first-order chi connectivity index (χ1) is 8.99. The van der Waals surface area contributed by atoms with Crippen molar-refractivity contribution in [2.75, 3.05) is 32.8 Å². The smallest absolute Gasteiger partial charge is 0.372 e. The highest BCUT2D eigenvalue weighted by Crippen LogP contribution is 2.14. The molecule has 0 spiro atoms. The van der Waals surface area contributed by atoms with Gasteiger partial charge in [-0.1, -0.05) is 12.8 Å². The Morgan fingerprint density at radius 1 is 1.15 bits per heavy atom. The van der Waals surface area contributed by atoms with E-state index in [0.717, 1.165) is 25.9 Å². The number of aliphatic imine (C=N–C) groups is 1. The van der Waals surface area contributed by atoms with E-state index in [1.54, 1.807) is 0 Å². The third kappa shape index (κ3) is 9.62. The number of nitrogens with two attached hydrogens (primary N) is 1. The van der Waals surface area contributed by atoms with E-state index in [9.17, 15) is 13.2 Å². The number of hydrogen-bond donors (Lipinski definition) is 1. The number of ether oxygens (including phenoxy) is 1. The van der Waals surface area contributed by atoms with Crippen LogP contribution in [0.25, 0.3) is 0 Å². The monoisotopic (exact) mass is 409 g/mol. The lowest BCUT2D eigenvalue weighted by molar-refractivity contribution is -0.173. The largest absolute Gasteiger partial charge is 0.411 e. The van der Waals surface area contributed by atoms with Crippen molar-refractivity contribution < 1.29 is 17.9 Å². The van der Waals surface area contributed by atoms with Crippen LogP contribution >= 0.6 is 24.0 Å². The van der Waals surface area contributed by atoms with E-state index >= 15 is 0 Å². The molecule has 1 aliphatic heterocycles. The Morgan fingerprint density at radius 2 is 1.75 bits per heavy atom. The topological polar surface area (TPSA) is 50.9 Å². The van der Waals surface area contributed by atoms with Crippen LogP contribution in [0.3, 0.4) is 0 Å². The van der Waals surface area contributed by atoms with Crippen molar-refractivity contribution in [1.82, 2.24) is 4.90 Å². The van der Waals surface area contributed by atoms with Crippen LogP contribution in [0.4, 0.5) is 13.2 Å². The summed E-state index contributed by atoms with van der Waals surface area (Å²) in [5.41, 5.74) is 5.86. The molecule has 0 amide bonds. The summed E-state index contributed by atoms with van der Waals surface area (Å²) in [4.78, 5) is 6.23. The molecular weight excluding hydrogens is 386 g/mol. The molecule has 120 valence electrons. The summed E-state index contributed by atoms with van der Waals surface area (Å²) in [6.07, 6.45) is 0.860. The molecule has 1 aliphatic rings. The molecule has 0 aromatic rings. The van der Waals surface area contributed by atoms with Crippen LogP contribution in [0.15, 0.2) is 4.99 Å². The Morgan fingerprint density at radius 3 is 2.30 bits per heavy atom. The van der Waals surface area contributed by atoms with Gasteiger partial charge < -0.3 is 15.4 Å². The van der Waals surface area contributed by atoms with Gasteiger partial charge in [0, 0.05) is 26.2 Å². The lowest BCUT2D eigenvalue weighted by atomic mass is 10.2. The number of nitrogens with zero attached hydrogens (tertiary/aromatic N) is 2. The van der Waals surface area contributed by atoms with Gasteiger partial charge in [0.2, 0.25) is 0 Å². The van der Waals surface area contributed by atoms with Crippen LogP contribution in [0.2, 0.25) is 0 Å². The maximum atomic E-state index is 11.8. The van der Waals surface area contributed by atoms with E-state index in [1.165, 1.54) is 12.8 Å². The average Bonchev–Trinajstić information content (AvgIpc) is 2.60. The highest BCUT2D eigenvalue weighted by atomic mass is 127. The number of likely N-dealkylation sites (tertiary alicyclic amines) is 1. The third-order valence-corrected chi connectivity index (χ3v) is 2.92. The zero-order valence-electron chi connectivity index (χ0n) is 11.5. The Balaban J connectivity index is 0.00000361. The van der Waals surface area contributed by atoms with Gasteiger partial charge in [-0.3, -0.25) is 4.99 Å². The first-order valence-corrected chi connectivity index (χ1v) is 6.68. The van der Waals surface area contributed by atoms with Crippen LogP contribution in [-0.4, -0.2) is 49.9 Å². The summed E-state index contributed by atoms with van der Waals surface area (Å²) >= 11 is 0. The van der Waals surface area contributed by atoms with Crippen molar-refractivity contribution in [3.05, 3.63) is 0 Å². The van der Waals surface area contributed by atoms with Crippen molar-refractivity contribution in [2.24, 2.45) is 10.7 Å². The van der Waals surface area contributed by atoms with E-state index in [2.05, 4.69) is 9.73 Å². The second kappa shape index (κ2) is 10.5. The molecule has 0 atom stereocenters. The fraction of sp³-hybridized carbons (Fsp3) is 0.917. The predicted octanol–water partition coefficient (Wildman–Crippen LogP) is 2.76. The molecule has 1 rings (SSSR count). The van der Waals surface area contributed by atoms with Gasteiger partial charge in [-0.25, -0.2) is 0 Å². The minimum atomic E-state index is -4.26. The van der Waals surface area contributed by atoms with Crippen molar-refractivity contribution >= 4 is 29.9 Å². The maximum absolute atomic E-state index is 11.8. The molecule has 0 unspecified atom stereocenters. The van der Waals surface area contributed by atoms with Gasteiger partial charge in [0.05, 0.1) is 0 Å². The molecule has 1 heterocycles. The van der Waals surface area contributed by atoms with Crippen molar-refractivity contribution in [2.45, 2.75) is 38.3 Å². The highest BCUT2D eigenvalue weighted by Gasteiger charge is 2.27. The second-order valence-electron chi connectivity index (χ2n) is 4.66. The highest BCUT2D eigenvalue weighted by molar-refractivity contribution is 14.0. The van der Waals surface area contributed by atoms with E-state index in [4.69, 9.17) is 5.73 Å². The van der Waals surface area contributed by atoms with Crippen LogP contribution in [0, 0.1) is 0 Å². The molecule has 0 saturated carbocycles. The number of alkyl halides is 3. The van der Waals surface area contributed by atoms with Crippen LogP contribution < -0.4 is 5.73 Å². The molecular formula is C12H23F3IN3O. The maximum Gasteiger partial charge on any atom is 0.411 e. The Kier molecular flexibility index (Phi) is 10.3. The van der Waals surface area contributed by atoms with E-state index in [1.807, 2.05) is 4.90 Å². The number of hydrogen-bond acceptors (Lipinski definition) is 2. The Bertz CT molecular complexity index is 280. The molecule has 1 fully saturated rings. The minimum Gasteiger partial charge on any atom is -0.372 e. The van der Waals surface area contributed by atoms with Crippen molar-refractivity contribution in [1.29, 1.82) is 0 Å². The van der Waals surface area contributed by atoms with Crippen LogP contribution in [-0.2, 0) is 4.74 Å². The first kappa shape index (κ1) is 19.8. The number of guanidine groups is 1. The summed E-state index contributed by atoms with van der Waals surface area (Å²) in [5, 5.41) is 0. The number of rotatable bonds is 5. The fourth-order valence-corrected chi connectivity index (χ4v) is 1.95. The molecule has 0 radical (unpaired) electrons. The van der Waals surface area contributed by atoms with Gasteiger partial charge in [-0.2, -0.15) is 13.2 Å². The molecule has 0 aliphatic carbocycles. The van der Waals surface area contributed by atoms with Crippen LogP contribution in [0.1, 0.15) is 32.1 Å². The van der Waals surface area contributed by atoms with Crippen LogP contribution in [0.5, 0.6) is 0 Å². The molecule has 0 aromatic heterocycles. The van der Waals surface area contributed by atoms with Gasteiger partial charge >= 0.3 is 6.18 Å². The molecule has 1 saturated heterocycles. The predicted molar refractivity (Wildman–Crippen MR) is 83.4 cm³/mol. The summed E-state index contributed by atoms with van der Waals surface area (Å²) in [7, 11) is 0.